The molecule has 0 aliphatic heterocycles. The third-order valence-corrected chi connectivity index (χ3v) is 4.45. The fourth-order valence-electron chi connectivity index (χ4n) is 2.12. The van der Waals surface area contributed by atoms with Crippen molar-refractivity contribution in [2.45, 2.75) is 6.54 Å². The minimum atomic E-state index is -0.160. The van der Waals surface area contributed by atoms with Crippen LogP contribution in [0, 0.1) is 3.57 Å². The molecule has 0 atom stereocenters. The van der Waals surface area contributed by atoms with Gasteiger partial charge in [0.05, 0.1) is 12.1 Å². The van der Waals surface area contributed by atoms with Crippen LogP contribution < -0.4 is 5.32 Å². The van der Waals surface area contributed by atoms with Crippen LogP contribution in [0.3, 0.4) is 0 Å². The van der Waals surface area contributed by atoms with Crippen molar-refractivity contribution < 1.29 is 4.79 Å². The number of carbonyl (C=O) groups excluding carboxylic acids is 1. The zero-order chi connectivity index (χ0) is 16.2. The molecule has 3 aromatic rings. The van der Waals surface area contributed by atoms with E-state index in [0.717, 1.165) is 9.13 Å². The van der Waals surface area contributed by atoms with Gasteiger partial charge in [-0.2, -0.15) is 5.10 Å². The van der Waals surface area contributed by atoms with E-state index in [9.17, 15) is 4.79 Å². The van der Waals surface area contributed by atoms with E-state index >= 15 is 0 Å². The predicted molar refractivity (Wildman–Crippen MR) is 99.9 cm³/mol. The van der Waals surface area contributed by atoms with Gasteiger partial charge in [-0.15, -0.1) is 0 Å². The number of aromatic nitrogens is 2. The van der Waals surface area contributed by atoms with Crippen molar-refractivity contribution in [3.05, 3.63) is 80.5 Å². The second kappa shape index (κ2) is 7.14. The van der Waals surface area contributed by atoms with Crippen molar-refractivity contribution in [1.82, 2.24) is 9.78 Å². The molecule has 6 heteroatoms. The lowest BCUT2D eigenvalue weighted by atomic mass is 10.2. The van der Waals surface area contributed by atoms with Crippen LogP contribution >= 0.6 is 34.2 Å². The molecule has 0 spiro atoms. The summed E-state index contributed by atoms with van der Waals surface area (Å²) in [5, 5.41) is 7.90. The molecule has 0 saturated carbocycles. The Kier molecular flexibility index (Phi) is 4.97. The van der Waals surface area contributed by atoms with E-state index in [1.165, 1.54) is 0 Å². The molecule has 116 valence electrons. The van der Waals surface area contributed by atoms with Gasteiger partial charge in [-0.25, -0.2) is 0 Å². The van der Waals surface area contributed by atoms with Crippen molar-refractivity contribution in [1.29, 1.82) is 0 Å². The number of anilines is 1. The van der Waals surface area contributed by atoms with Crippen molar-refractivity contribution in [2.24, 2.45) is 0 Å². The van der Waals surface area contributed by atoms with Gasteiger partial charge >= 0.3 is 0 Å². The van der Waals surface area contributed by atoms with Crippen molar-refractivity contribution in [3.63, 3.8) is 0 Å². The number of nitrogens with one attached hydrogen (secondary N) is 1. The van der Waals surface area contributed by atoms with Gasteiger partial charge < -0.3 is 5.32 Å². The predicted octanol–water partition coefficient (Wildman–Crippen LogP) is 4.44. The summed E-state index contributed by atoms with van der Waals surface area (Å²) in [6.07, 6.45) is 1.83. The van der Waals surface area contributed by atoms with Gasteiger partial charge in [0, 0.05) is 20.9 Å². The molecule has 0 radical (unpaired) electrons. The summed E-state index contributed by atoms with van der Waals surface area (Å²) in [6, 6.07) is 16.8. The van der Waals surface area contributed by atoms with E-state index in [0.29, 0.717) is 22.9 Å². The first-order valence-electron chi connectivity index (χ1n) is 6.95. The number of carbonyl (C=O) groups is 1. The maximum atomic E-state index is 12.3. The summed E-state index contributed by atoms with van der Waals surface area (Å²) >= 11 is 8.02. The highest BCUT2D eigenvalue weighted by atomic mass is 127. The van der Waals surface area contributed by atoms with Crippen LogP contribution in [0.2, 0.25) is 5.02 Å². The number of amides is 1. The number of hydrogen-bond donors (Lipinski definition) is 1. The van der Waals surface area contributed by atoms with Gasteiger partial charge in [-0.3, -0.25) is 9.48 Å². The van der Waals surface area contributed by atoms with Gasteiger partial charge in [0.15, 0.2) is 5.82 Å². The highest BCUT2D eigenvalue weighted by molar-refractivity contribution is 14.1. The van der Waals surface area contributed by atoms with E-state index < -0.39 is 0 Å². The van der Waals surface area contributed by atoms with Gasteiger partial charge in [-0.05, 0) is 52.4 Å². The lowest BCUT2D eigenvalue weighted by Gasteiger charge is -2.04. The molecule has 1 amide bonds. The Morgan fingerprint density at radius 3 is 2.61 bits per heavy atom. The summed E-state index contributed by atoms with van der Waals surface area (Å²) in [5.74, 6) is 0.371. The van der Waals surface area contributed by atoms with Crippen molar-refractivity contribution >= 4 is 45.9 Å². The zero-order valence-electron chi connectivity index (χ0n) is 12.0. The molecular weight excluding hydrogens is 425 g/mol. The van der Waals surface area contributed by atoms with Crippen LogP contribution in [-0.2, 0) is 6.54 Å². The molecule has 0 aliphatic rings. The maximum absolute atomic E-state index is 12.3. The molecule has 0 unspecified atom stereocenters. The highest BCUT2D eigenvalue weighted by Gasteiger charge is 2.10. The van der Waals surface area contributed by atoms with E-state index in [4.69, 9.17) is 11.6 Å². The number of hydrogen-bond acceptors (Lipinski definition) is 2. The van der Waals surface area contributed by atoms with Gasteiger partial charge in [0.2, 0.25) is 0 Å². The zero-order valence-corrected chi connectivity index (χ0v) is 15.0. The number of rotatable bonds is 4. The summed E-state index contributed by atoms with van der Waals surface area (Å²) in [7, 11) is 0. The molecule has 0 fully saturated rings. The highest BCUT2D eigenvalue weighted by Crippen LogP contribution is 2.14. The van der Waals surface area contributed by atoms with Crippen LogP contribution in [0.5, 0.6) is 0 Å². The van der Waals surface area contributed by atoms with E-state index in [1.807, 2.05) is 48.7 Å². The van der Waals surface area contributed by atoms with Crippen molar-refractivity contribution in [2.75, 3.05) is 5.32 Å². The molecule has 0 aliphatic carbocycles. The first-order valence-corrected chi connectivity index (χ1v) is 8.41. The van der Waals surface area contributed by atoms with E-state index in [1.54, 1.807) is 16.8 Å². The molecule has 23 heavy (non-hydrogen) atoms. The van der Waals surface area contributed by atoms with Gasteiger partial charge in [-0.1, -0.05) is 35.9 Å². The molecule has 4 nitrogen and oxygen atoms in total. The van der Waals surface area contributed by atoms with Crippen LogP contribution in [0.1, 0.15) is 15.9 Å². The topological polar surface area (TPSA) is 46.9 Å². The summed E-state index contributed by atoms with van der Waals surface area (Å²) < 4.78 is 2.68. The molecule has 0 saturated heterocycles. The van der Waals surface area contributed by atoms with Gasteiger partial charge in [0.25, 0.3) is 5.91 Å². The summed E-state index contributed by atoms with van der Waals surface area (Å²) in [6.45, 7) is 0.621. The van der Waals surface area contributed by atoms with E-state index in [2.05, 4.69) is 33.0 Å². The Hall–Kier alpha value is -1.86. The lowest BCUT2D eigenvalue weighted by molar-refractivity contribution is 0.102. The Bertz CT molecular complexity index is 830. The molecule has 1 heterocycles. The second-order valence-electron chi connectivity index (χ2n) is 4.96. The standard InChI is InChI=1S/C17H13ClIN3O/c18-13-7-5-12(6-8-13)11-22-10-9-16(21-22)20-17(23)14-3-1-2-4-15(14)19/h1-10H,11H2,(H,20,21,23). The first-order chi connectivity index (χ1) is 11.1. The average Bonchev–Trinajstić information content (AvgIpc) is 2.97. The largest absolute Gasteiger partial charge is 0.305 e. The SMILES string of the molecule is O=C(Nc1ccn(Cc2ccc(Cl)cc2)n1)c1ccccc1I. The Morgan fingerprint density at radius 1 is 1.13 bits per heavy atom. The fraction of sp³-hybridized carbons (Fsp3) is 0.0588. The van der Waals surface area contributed by atoms with Crippen LogP contribution in [0.25, 0.3) is 0 Å². The van der Waals surface area contributed by atoms with Crippen molar-refractivity contribution in [3.8, 4) is 0 Å². The minimum absolute atomic E-state index is 0.160. The Labute approximate surface area is 152 Å². The Balaban J connectivity index is 1.69. The molecule has 1 aromatic heterocycles. The smallest absolute Gasteiger partial charge is 0.257 e. The lowest BCUT2D eigenvalue weighted by Crippen LogP contribution is -2.14. The number of nitrogens with zero attached hydrogens (tertiary/aromatic N) is 2. The van der Waals surface area contributed by atoms with E-state index in [-0.39, 0.29) is 5.91 Å². The third-order valence-electron chi connectivity index (χ3n) is 3.26. The normalized spacial score (nSPS) is 10.5. The molecule has 2 aromatic carbocycles. The molecule has 1 N–H and O–H groups in total. The van der Waals surface area contributed by atoms with Gasteiger partial charge in [0.1, 0.15) is 0 Å². The molecule has 3 rings (SSSR count). The van der Waals surface area contributed by atoms with Crippen LogP contribution in [0.4, 0.5) is 5.82 Å². The summed E-state index contributed by atoms with van der Waals surface area (Å²) in [4.78, 5) is 12.3. The summed E-state index contributed by atoms with van der Waals surface area (Å²) in [5.41, 5.74) is 1.73. The Morgan fingerprint density at radius 2 is 1.87 bits per heavy atom. The third kappa shape index (κ3) is 4.11. The first kappa shape index (κ1) is 16.0. The monoisotopic (exact) mass is 437 g/mol. The van der Waals surface area contributed by atoms with Crippen LogP contribution in [-0.4, -0.2) is 15.7 Å². The minimum Gasteiger partial charge on any atom is -0.305 e. The average molecular weight is 438 g/mol. The second-order valence-corrected chi connectivity index (χ2v) is 6.56. The molecule has 0 bridgehead atoms. The van der Waals surface area contributed by atoms with Crippen LogP contribution in [0.15, 0.2) is 60.8 Å². The number of benzene rings is 2. The molecular formula is C17H13ClIN3O. The number of halogens is 2. The fourth-order valence-corrected chi connectivity index (χ4v) is 2.88. The maximum Gasteiger partial charge on any atom is 0.257 e. The quantitative estimate of drug-likeness (QED) is 0.613.